The Kier molecular flexibility index (Phi) is 4.93. The Balaban J connectivity index is 1.52. The Morgan fingerprint density at radius 3 is 2.41 bits per heavy atom. The molecule has 0 spiro atoms. The molecule has 2 heterocycles. The van der Waals surface area contributed by atoms with Crippen molar-refractivity contribution in [3.05, 3.63) is 74.0 Å². The molecule has 0 atom stereocenters. The second kappa shape index (κ2) is 7.37. The summed E-state index contributed by atoms with van der Waals surface area (Å²) in [5, 5.41) is 1.41. The van der Waals surface area contributed by atoms with Gasteiger partial charge in [0.05, 0.1) is 0 Å². The molecule has 4 rings (SSSR count). The zero-order valence-corrected chi connectivity index (χ0v) is 16.7. The van der Waals surface area contributed by atoms with E-state index in [1.165, 1.54) is 0 Å². The Morgan fingerprint density at radius 2 is 1.70 bits per heavy atom. The second-order valence-corrected chi connectivity index (χ2v) is 7.74. The molecule has 1 fully saturated rings. The minimum atomic E-state index is -0.602. The number of halogens is 2. The van der Waals surface area contributed by atoms with Crippen LogP contribution in [0.5, 0.6) is 0 Å². The van der Waals surface area contributed by atoms with E-state index in [-0.39, 0.29) is 11.5 Å². The van der Waals surface area contributed by atoms with Crippen LogP contribution in [0.1, 0.15) is 10.4 Å². The third kappa shape index (κ3) is 3.73. The summed E-state index contributed by atoms with van der Waals surface area (Å²) >= 11 is 9.33. The predicted octanol–water partition coefficient (Wildman–Crippen LogP) is 4.17. The summed E-state index contributed by atoms with van der Waals surface area (Å²) in [4.78, 5) is 29.0. The SMILES string of the molecule is O=C(c1cc2cc(Br)ccc2oc1=O)N1CCN(c2ccc(Cl)cc2)CC1. The van der Waals surface area contributed by atoms with Gasteiger partial charge in [-0.1, -0.05) is 27.5 Å². The number of carbonyl (C=O) groups excluding carboxylic acids is 1. The van der Waals surface area contributed by atoms with Crippen LogP contribution in [-0.4, -0.2) is 37.0 Å². The molecule has 1 aliphatic heterocycles. The lowest BCUT2D eigenvalue weighted by atomic mass is 10.1. The summed E-state index contributed by atoms with van der Waals surface area (Å²) in [6.07, 6.45) is 0. The van der Waals surface area contributed by atoms with Gasteiger partial charge in [0.1, 0.15) is 11.1 Å². The Morgan fingerprint density at radius 1 is 1.00 bits per heavy atom. The highest BCUT2D eigenvalue weighted by Crippen LogP contribution is 2.22. The van der Waals surface area contributed by atoms with Crippen LogP contribution in [0.15, 0.2) is 62.2 Å². The minimum Gasteiger partial charge on any atom is -0.422 e. The average molecular weight is 448 g/mol. The van der Waals surface area contributed by atoms with Crippen molar-refractivity contribution >= 4 is 50.1 Å². The van der Waals surface area contributed by atoms with Gasteiger partial charge in [-0.15, -0.1) is 0 Å². The van der Waals surface area contributed by atoms with Crippen LogP contribution in [-0.2, 0) is 0 Å². The number of nitrogens with zero attached hydrogens (tertiary/aromatic N) is 2. The number of fused-ring (bicyclic) bond motifs is 1. The molecule has 7 heteroatoms. The van der Waals surface area contributed by atoms with E-state index in [9.17, 15) is 9.59 Å². The zero-order chi connectivity index (χ0) is 19.0. The molecule has 2 aromatic carbocycles. The third-order valence-electron chi connectivity index (χ3n) is 4.68. The van der Waals surface area contributed by atoms with Crippen LogP contribution in [0.25, 0.3) is 11.0 Å². The fourth-order valence-corrected chi connectivity index (χ4v) is 3.74. The first-order valence-corrected chi connectivity index (χ1v) is 9.71. The number of benzene rings is 2. The van der Waals surface area contributed by atoms with Crippen LogP contribution in [0.4, 0.5) is 5.69 Å². The maximum absolute atomic E-state index is 12.9. The fourth-order valence-electron chi connectivity index (χ4n) is 3.23. The molecule has 0 bridgehead atoms. The van der Waals surface area contributed by atoms with Crippen molar-refractivity contribution in [3.8, 4) is 0 Å². The number of piperazine rings is 1. The Bertz CT molecular complexity index is 1060. The Labute approximate surface area is 169 Å². The highest BCUT2D eigenvalue weighted by atomic mass is 79.9. The summed E-state index contributed by atoms with van der Waals surface area (Å²) in [5.74, 6) is -0.290. The molecule has 138 valence electrons. The van der Waals surface area contributed by atoms with Crippen LogP contribution in [0.3, 0.4) is 0 Å². The predicted molar refractivity (Wildman–Crippen MR) is 110 cm³/mol. The van der Waals surface area contributed by atoms with Crippen molar-refractivity contribution in [2.75, 3.05) is 31.1 Å². The average Bonchev–Trinajstić information content (AvgIpc) is 2.68. The lowest BCUT2D eigenvalue weighted by Gasteiger charge is -2.36. The van der Waals surface area contributed by atoms with Crippen LogP contribution in [0.2, 0.25) is 5.02 Å². The van der Waals surface area contributed by atoms with E-state index in [0.717, 1.165) is 10.2 Å². The van der Waals surface area contributed by atoms with Crippen molar-refractivity contribution in [3.63, 3.8) is 0 Å². The van der Waals surface area contributed by atoms with E-state index >= 15 is 0 Å². The molecule has 1 aromatic heterocycles. The highest BCUT2D eigenvalue weighted by Gasteiger charge is 2.25. The fraction of sp³-hybridized carbons (Fsp3) is 0.200. The maximum Gasteiger partial charge on any atom is 0.349 e. The van der Waals surface area contributed by atoms with Crippen molar-refractivity contribution in [2.24, 2.45) is 0 Å². The van der Waals surface area contributed by atoms with E-state index in [4.69, 9.17) is 16.0 Å². The molecule has 1 amide bonds. The first-order valence-electron chi connectivity index (χ1n) is 8.54. The van der Waals surface area contributed by atoms with Gasteiger partial charge in [-0.2, -0.15) is 0 Å². The molecule has 0 saturated carbocycles. The van der Waals surface area contributed by atoms with Crippen molar-refractivity contribution in [2.45, 2.75) is 0 Å². The molecule has 0 unspecified atom stereocenters. The normalized spacial score (nSPS) is 14.6. The smallest absolute Gasteiger partial charge is 0.349 e. The molecule has 3 aromatic rings. The van der Waals surface area contributed by atoms with Gasteiger partial charge in [-0.3, -0.25) is 4.79 Å². The van der Waals surface area contributed by atoms with E-state index in [1.54, 1.807) is 23.1 Å². The van der Waals surface area contributed by atoms with Gasteiger partial charge < -0.3 is 14.2 Å². The van der Waals surface area contributed by atoms with Crippen molar-refractivity contribution in [1.82, 2.24) is 4.90 Å². The first-order chi connectivity index (χ1) is 13.0. The molecular weight excluding hydrogens is 432 g/mol. The number of anilines is 1. The zero-order valence-electron chi connectivity index (χ0n) is 14.3. The molecule has 1 aliphatic rings. The van der Waals surface area contributed by atoms with Gasteiger partial charge in [0.25, 0.3) is 5.91 Å². The van der Waals surface area contributed by atoms with E-state index in [2.05, 4.69) is 20.8 Å². The van der Waals surface area contributed by atoms with E-state index < -0.39 is 5.63 Å². The number of amides is 1. The number of hydrogen-bond donors (Lipinski definition) is 0. The topological polar surface area (TPSA) is 53.8 Å². The summed E-state index contributed by atoms with van der Waals surface area (Å²) in [5.41, 5.74) is 1.00. The third-order valence-corrected chi connectivity index (χ3v) is 5.43. The van der Waals surface area contributed by atoms with Crippen molar-refractivity contribution < 1.29 is 9.21 Å². The molecule has 0 N–H and O–H groups in total. The van der Waals surface area contributed by atoms with Crippen LogP contribution in [0, 0.1) is 0 Å². The van der Waals surface area contributed by atoms with Crippen molar-refractivity contribution in [1.29, 1.82) is 0 Å². The van der Waals surface area contributed by atoms with Gasteiger partial charge in [0.15, 0.2) is 0 Å². The summed E-state index contributed by atoms with van der Waals surface area (Å²) in [6.45, 7) is 2.46. The Hall–Kier alpha value is -2.31. The lowest BCUT2D eigenvalue weighted by molar-refractivity contribution is 0.0742. The molecular formula is C20H16BrClN2O3. The number of hydrogen-bond acceptors (Lipinski definition) is 4. The highest BCUT2D eigenvalue weighted by molar-refractivity contribution is 9.10. The number of carbonyl (C=O) groups is 1. The van der Waals surface area contributed by atoms with Gasteiger partial charge in [-0.25, -0.2) is 4.79 Å². The largest absolute Gasteiger partial charge is 0.422 e. The van der Waals surface area contributed by atoms with Gasteiger partial charge in [-0.05, 0) is 48.5 Å². The summed E-state index contributed by atoms with van der Waals surface area (Å²) in [7, 11) is 0. The van der Waals surface area contributed by atoms with Gasteiger partial charge in [0, 0.05) is 46.7 Å². The molecule has 1 saturated heterocycles. The quantitative estimate of drug-likeness (QED) is 0.553. The van der Waals surface area contributed by atoms with Gasteiger partial charge >= 0.3 is 5.63 Å². The van der Waals surface area contributed by atoms with Gasteiger partial charge in [0.2, 0.25) is 0 Å². The lowest BCUT2D eigenvalue weighted by Crippen LogP contribution is -2.49. The van der Waals surface area contributed by atoms with E-state index in [0.29, 0.717) is 42.2 Å². The molecule has 0 aliphatic carbocycles. The van der Waals surface area contributed by atoms with Crippen LogP contribution < -0.4 is 10.5 Å². The summed E-state index contributed by atoms with van der Waals surface area (Å²) < 4.78 is 6.17. The standard InChI is InChI=1S/C20H16BrClN2O3/c21-14-1-6-18-13(11-14)12-17(20(26)27-18)19(25)24-9-7-23(8-10-24)16-4-2-15(22)3-5-16/h1-6,11-12H,7-10H2. The minimum absolute atomic E-state index is 0.0699. The molecule has 5 nitrogen and oxygen atoms in total. The summed E-state index contributed by atoms with van der Waals surface area (Å²) in [6, 6.07) is 14.6. The number of rotatable bonds is 2. The monoisotopic (exact) mass is 446 g/mol. The molecule has 0 radical (unpaired) electrons. The van der Waals surface area contributed by atoms with E-state index in [1.807, 2.05) is 30.3 Å². The first kappa shape index (κ1) is 18.1. The maximum atomic E-state index is 12.9. The second-order valence-electron chi connectivity index (χ2n) is 6.39. The molecule has 27 heavy (non-hydrogen) atoms. The van der Waals surface area contributed by atoms with Crippen LogP contribution >= 0.6 is 27.5 Å².